The Hall–Kier alpha value is -6.58. The fraction of sp³-hybridized carbons (Fsp3) is 0.0612. The summed E-state index contributed by atoms with van der Waals surface area (Å²) in [6.07, 6.45) is 0. The quantitative estimate of drug-likeness (QED) is 0.170. The molecule has 246 valence electrons. The Labute approximate surface area is 302 Å². The topological polar surface area (TPSA) is 12.6 Å². The molecule has 0 fully saturated rings. The van der Waals surface area contributed by atoms with Crippen LogP contribution in [0.4, 0.5) is 17.1 Å². The van der Waals surface area contributed by atoms with Crippen molar-refractivity contribution < 1.29 is 0 Å². The lowest BCUT2D eigenvalue weighted by atomic mass is 9.82. The van der Waals surface area contributed by atoms with Crippen LogP contribution in [-0.2, 0) is 5.41 Å². The molecule has 3 nitrogen and oxygen atoms in total. The van der Waals surface area contributed by atoms with Crippen molar-refractivity contribution in [3.8, 4) is 16.8 Å². The molecule has 7 aromatic carbocycles. The number of aromatic nitrogens is 2. The first-order chi connectivity index (χ1) is 25.6. The molecule has 0 aliphatic heterocycles. The third-order valence-electron chi connectivity index (χ3n) is 11.4. The van der Waals surface area contributed by atoms with Gasteiger partial charge in [0.05, 0.1) is 33.3 Å². The summed E-state index contributed by atoms with van der Waals surface area (Å²) >= 11 is 0. The molecule has 0 atom stereocenters. The summed E-state index contributed by atoms with van der Waals surface area (Å²) in [7, 11) is 0. The van der Waals surface area contributed by atoms with Gasteiger partial charge < -0.3 is 13.9 Å². The molecule has 3 heteroatoms. The van der Waals surface area contributed by atoms with E-state index < -0.39 is 0 Å². The zero-order valence-corrected chi connectivity index (χ0v) is 29.1. The van der Waals surface area contributed by atoms with Gasteiger partial charge in [-0.25, -0.2) is 0 Å². The van der Waals surface area contributed by atoms with Gasteiger partial charge in [0.15, 0.2) is 0 Å². The summed E-state index contributed by atoms with van der Waals surface area (Å²) in [5, 5.41) is 5.01. The lowest BCUT2D eigenvalue weighted by Gasteiger charge is -2.25. The van der Waals surface area contributed by atoms with Gasteiger partial charge in [-0.05, 0) is 82.7 Å². The molecule has 0 amide bonds. The van der Waals surface area contributed by atoms with E-state index in [1.807, 2.05) is 0 Å². The van der Waals surface area contributed by atoms with Gasteiger partial charge in [0.2, 0.25) is 0 Å². The summed E-state index contributed by atoms with van der Waals surface area (Å²) < 4.78 is 5.06. The fourth-order valence-electron chi connectivity index (χ4n) is 9.17. The van der Waals surface area contributed by atoms with Crippen LogP contribution in [0.2, 0.25) is 0 Å². The molecule has 0 saturated heterocycles. The minimum absolute atomic E-state index is 0.0963. The van der Waals surface area contributed by atoms with E-state index in [0.717, 1.165) is 17.1 Å². The Bertz CT molecular complexity index is 3000. The van der Waals surface area contributed by atoms with Crippen molar-refractivity contribution >= 4 is 66.2 Å². The van der Waals surface area contributed by atoms with Crippen molar-refractivity contribution in [2.75, 3.05) is 4.90 Å². The summed E-state index contributed by atoms with van der Waals surface area (Å²) in [5.41, 5.74) is 15.9. The zero-order chi connectivity index (χ0) is 34.6. The van der Waals surface area contributed by atoms with Crippen LogP contribution in [0.3, 0.4) is 0 Å². The third kappa shape index (κ3) is 3.91. The molecule has 3 heterocycles. The number of fused-ring (bicyclic) bond motifs is 13. The molecule has 0 saturated carbocycles. The van der Waals surface area contributed by atoms with E-state index in [2.05, 4.69) is 204 Å². The highest BCUT2D eigenvalue weighted by molar-refractivity contribution is 6.20. The van der Waals surface area contributed by atoms with Gasteiger partial charge in [-0.2, -0.15) is 0 Å². The van der Waals surface area contributed by atoms with Crippen molar-refractivity contribution in [3.63, 3.8) is 0 Å². The third-order valence-corrected chi connectivity index (χ3v) is 11.4. The summed E-state index contributed by atoms with van der Waals surface area (Å²) in [6, 6.07) is 64.5. The minimum atomic E-state index is -0.0963. The molecule has 0 radical (unpaired) electrons. The van der Waals surface area contributed by atoms with Crippen molar-refractivity contribution in [3.05, 3.63) is 187 Å². The van der Waals surface area contributed by atoms with Gasteiger partial charge in [-0.1, -0.05) is 129 Å². The Morgan fingerprint density at radius 3 is 1.79 bits per heavy atom. The van der Waals surface area contributed by atoms with Crippen molar-refractivity contribution in [1.29, 1.82) is 0 Å². The van der Waals surface area contributed by atoms with E-state index in [9.17, 15) is 0 Å². The second kappa shape index (κ2) is 10.7. The number of nitrogens with zero attached hydrogens (tertiary/aromatic N) is 3. The molecular weight excluding hydrogens is 631 g/mol. The smallest absolute Gasteiger partial charge is 0.0798 e. The Balaban J connectivity index is 1.31. The minimum Gasteiger partial charge on any atom is -0.310 e. The maximum Gasteiger partial charge on any atom is 0.0798 e. The number of benzene rings is 7. The first-order valence-electron chi connectivity index (χ1n) is 18.1. The normalized spacial score (nSPS) is 13.3. The molecule has 10 aromatic rings. The SMILES string of the molecule is CC1(C)c2ccccc2-c2c(-n3c4ccc(N(c5ccccc5)c5ccccc5)cc4c4c3cc3c5ccccc5c5ccccc5n34)cccc21. The van der Waals surface area contributed by atoms with Crippen LogP contribution >= 0.6 is 0 Å². The van der Waals surface area contributed by atoms with Gasteiger partial charge in [-0.3, -0.25) is 0 Å². The Morgan fingerprint density at radius 1 is 0.423 bits per heavy atom. The summed E-state index contributed by atoms with van der Waals surface area (Å²) in [6.45, 7) is 4.73. The number of para-hydroxylation sites is 3. The van der Waals surface area contributed by atoms with Crippen molar-refractivity contribution in [2.24, 2.45) is 0 Å². The molecule has 1 aliphatic carbocycles. The molecule has 1 aliphatic rings. The maximum absolute atomic E-state index is 2.54. The van der Waals surface area contributed by atoms with E-state index in [-0.39, 0.29) is 5.41 Å². The van der Waals surface area contributed by atoms with E-state index in [1.165, 1.54) is 77.1 Å². The van der Waals surface area contributed by atoms with E-state index in [4.69, 9.17) is 0 Å². The van der Waals surface area contributed by atoms with Gasteiger partial charge in [0.25, 0.3) is 0 Å². The van der Waals surface area contributed by atoms with Crippen molar-refractivity contribution in [2.45, 2.75) is 19.3 Å². The van der Waals surface area contributed by atoms with E-state index in [1.54, 1.807) is 0 Å². The Morgan fingerprint density at radius 2 is 1.04 bits per heavy atom. The average molecular weight is 666 g/mol. The number of rotatable bonds is 4. The monoisotopic (exact) mass is 665 g/mol. The second-order valence-electron chi connectivity index (χ2n) is 14.6. The van der Waals surface area contributed by atoms with Crippen molar-refractivity contribution in [1.82, 2.24) is 8.97 Å². The second-order valence-corrected chi connectivity index (χ2v) is 14.6. The zero-order valence-electron chi connectivity index (χ0n) is 29.1. The number of hydrogen-bond donors (Lipinski definition) is 0. The predicted molar refractivity (Wildman–Crippen MR) is 219 cm³/mol. The summed E-state index contributed by atoms with van der Waals surface area (Å²) in [5.74, 6) is 0. The average Bonchev–Trinajstić information content (AvgIpc) is 3.81. The van der Waals surface area contributed by atoms with Gasteiger partial charge in [0.1, 0.15) is 0 Å². The standard InChI is InChI=1S/C49H35N3/c1-49(2)40-24-13-11-23-38(40)47-41(49)25-15-27-44(47)51-43-29-28-34(50(32-16-5-3-6-17-32)33-18-7-4-8-19-33)30-39(43)48-46(51)31-45-37-22-10-9-20-35(37)36-21-12-14-26-42(36)52(45)48/h3-31H,1-2H3. The number of hydrogen-bond acceptors (Lipinski definition) is 1. The molecule has 0 unspecified atom stereocenters. The number of anilines is 3. The van der Waals surface area contributed by atoms with Crippen LogP contribution in [0.5, 0.6) is 0 Å². The van der Waals surface area contributed by atoms with Gasteiger partial charge in [0, 0.05) is 44.2 Å². The largest absolute Gasteiger partial charge is 0.310 e. The lowest BCUT2D eigenvalue weighted by molar-refractivity contribution is 0.660. The molecule has 0 bridgehead atoms. The molecule has 0 spiro atoms. The molecule has 52 heavy (non-hydrogen) atoms. The first kappa shape index (κ1) is 29.2. The summed E-state index contributed by atoms with van der Waals surface area (Å²) in [4.78, 5) is 2.37. The lowest BCUT2D eigenvalue weighted by Crippen LogP contribution is -2.14. The molecule has 11 rings (SSSR count). The van der Waals surface area contributed by atoms with Crippen LogP contribution in [0.1, 0.15) is 25.0 Å². The highest BCUT2D eigenvalue weighted by atomic mass is 15.1. The number of pyridine rings is 1. The van der Waals surface area contributed by atoms with Crippen LogP contribution in [0.25, 0.3) is 65.9 Å². The van der Waals surface area contributed by atoms with Crippen LogP contribution in [0.15, 0.2) is 176 Å². The Kier molecular flexibility index (Phi) is 6.01. The molecule has 3 aromatic heterocycles. The first-order valence-corrected chi connectivity index (χ1v) is 18.1. The highest BCUT2D eigenvalue weighted by Gasteiger charge is 2.37. The highest BCUT2D eigenvalue weighted by Crippen LogP contribution is 2.52. The molecular formula is C49H35N3. The van der Waals surface area contributed by atoms with Gasteiger partial charge >= 0.3 is 0 Å². The van der Waals surface area contributed by atoms with Gasteiger partial charge in [-0.15, -0.1) is 0 Å². The molecule has 0 N–H and O–H groups in total. The van der Waals surface area contributed by atoms with Crippen LogP contribution < -0.4 is 4.90 Å². The predicted octanol–water partition coefficient (Wildman–Crippen LogP) is 13.1. The van der Waals surface area contributed by atoms with E-state index >= 15 is 0 Å². The maximum atomic E-state index is 2.54. The van der Waals surface area contributed by atoms with Crippen LogP contribution in [0, 0.1) is 0 Å². The van der Waals surface area contributed by atoms with E-state index in [0.29, 0.717) is 0 Å². The van der Waals surface area contributed by atoms with Crippen LogP contribution in [-0.4, -0.2) is 8.97 Å². The fourth-order valence-corrected chi connectivity index (χ4v) is 9.17.